The Kier molecular flexibility index (Phi) is 6.46. The fraction of sp³-hybridized carbons (Fsp3) is 0.462. The lowest BCUT2D eigenvalue weighted by Crippen LogP contribution is -2.42. The second kappa shape index (κ2) is 7.45. The van der Waals surface area contributed by atoms with E-state index in [0.717, 1.165) is 4.31 Å². The Hall–Kier alpha value is -0.820. The average Bonchev–Trinajstić information content (AvgIpc) is 2.34. The van der Waals surface area contributed by atoms with Gasteiger partial charge in [-0.05, 0) is 26.0 Å². The van der Waals surface area contributed by atoms with Crippen molar-refractivity contribution in [3.05, 3.63) is 28.2 Å². The van der Waals surface area contributed by atoms with E-state index in [1.54, 1.807) is 26.8 Å². The number of nitrogens with zero attached hydrogens (tertiary/aromatic N) is 1. The van der Waals surface area contributed by atoms with E-state index in [9.17, 15) is 13.2 Å². The van der Waals surface area contributed by atoms with Crippen molar-refractivity contribution in [3.63, 3.8) is 0 Å². The standard InChI is InChI=1S/C13H18Cl2N2O3S/c1-4-17(8-12(18)16-9(2)3)21(19,20)13-10(14)6-5-7-11(13)15/h5-7,9H,4,8H2,1-3H3,(H,16,18). The van der Waals surface area contributed by atoms with Crippen LogP contribution >= 0.6 is 23.2 Å². The lowest BCUT2D eigenvalue weighted by Gasteiger charge is -2.22. The number of likely N-dealkylation sites (N-methyl/N-ethyl adjacent to an activating group) is 1. The van der Waals surface area contributed by atoms with Gasteiger partial charge >= 0.3 is 0 Å². The molecule has 0 radical (unpaired) electrons. The van der Waals surface area contributed by atoms with Crippen LogP contribution in [0.2, 0.25) is 10.0 Å². The lowest BCUT2D eigenvalue weighted by molar-refractivity contribution is -0.121. The molecule has 1 amide bonds. The SMILES string of the molecule is CCN(CC(=O)NC(C)C)S(=O)(=O)c1c(Cl)cccc1Cl. The highest BCUT2D eigenvalue weighted by Gasteiger charge is 2.29. The number of sulfonamides is 1. The van der Waals surface area contributed by atoms with Crippen LogP contribution in [0.25, 0.3) is 0 Å². The molecule has 1 aromatic rings. The van der Waals surface area contributed by atoms with Crippen LogP contribution in [-0.2, 0) is 14.8 Å². The van der Waals surface area contributed by atoms with Gasteiger partial charge in [-0.15, -0.1) is 0 Å². The van der Waals surface area contributed by atoms with Gasteiger partial charge in [-0.25, -0.2) is 8.42 Å². The Labute approximate surface area is 135 Å². The Morgan fingerprint density at radius 1 is 1.29 bits per heavy atom. The van der Waals surface area contributed by atoms with Crippen molar-refractivity contribution in [2.24, 2.45) is 0 Å². The fourth-order valence-electron chi connectivity index (χ4n) is 1.75. The van der Waals surface area contributed by atoms with Crippen LogP contribution in [0.1, 0.15) is 20.8 Å². The van der Waals surface area contributed by atoms with E-state index in [-0.39, 0.29) is 40.0 Å². The van der Waals surface area contributed by atoms with Gasteiger partial charge in [0.05, 0.1) is 16.6 Å². The summed E-state index contributed by atoms with van der Waals surface area (Å²) in [6, 6.07) is 4.39. The van der Waals surface area contributed by atoms with E-state index < -0.39 is 10.0 Å². The van der Waals surface area contributed by atoms with Gasteiger partial charge in [-0.3, -0.25) is 4.79 Å². The highest BCUT2D eigenvalue weighted by Crippen LogP contribution is 2.31. The molecule has 0 aliphatic rings. The van der Waals surface area contributed by atoms with Crippen molar-refractivity contribution in [1.82, 2.24) is 9.62 Å². The van der Waals surface area contributed by atoms with Crippen molar-refractivity contribution in [2.45, 2.75) is 31.7 Å². The van der Waals surface area contributed by atoms with Crippen LogP contribution < -0.4 is 5.32 Å². The van der Waals surface area contributed by atoms with Crippen LogP contribution in [0.3, 0.4) is 0 Å². The maximum Gasteiger partial charge on any atom is 0.246 e. The summed E-state index contributed by atoms with van der Waals surface area (Å²) in [7, 11) is -3.93. The Morgan fingerprint density at radius 2 is 1.81 bits per heavy atom. The zero-order valence-corrected chi connectivity index (χ0v) is 14.4. The van der Waals surface area contributed by atoms with Gasteiger partial charge in [0.2, 0.25) is 15.9 Å². The summed E-state index contributed by atoms with van der Waals surface area (Å²) in [5, 5.41) is 2.71. The number of amides is 1. The molecule has 8 heteroatoms. The zero-order valence-electron chi connectivity index (χ0n) is 12.1. The monoisotopic (exact) mass is 352 g/mol. The molecule has 0 aromatic heterocycles. The highest BCUT2D eigenvalue weighted by atomic mass is 35.5. The molecule has 0 aliphatic carbocycles. The molecular formula is C13H18Cl2N2O3S. The third-order valence-electron chi connectivity index (χ3n) is 2.64. The number of hydrogen-bond acceptors (Lipinski definition) is 3. The van der Waals surface area contributed by atoms with E-state index in [4.69, 9.17) is 23.2 Å². The number of nitrogens with one attached hydrogen (secondary N) is 1. The molecule has 0 unspecified atom stereocenters. The van der Waals surface area contributed by atoms with Gasteiger partial charge < -0.3 is 5.32 Å². The molecule has 0 aliphatic heterocycles. The predicted octanol–water partition coefficient (Wildman–Crippen LogP) is 2.53. The van der Waals surface area contributed by atoms with Crippen LogP contribution in [-0.4, -0.2) is 37.8 Å². The van der Waals surface area contributed by atoms with Gasteiger partial charge in [0.1, 0.15) is 4.90 Å². The number of carbonyl (C=O) groups is 1. The molecule has 118 valence electrons. The van der Waals surface area contributed by atoms with Crippen LogP contribution in [0.15, 0.2) is 23.1 Å². The summed E-state index contributed by atoms with van der Waals surface area (Å²) in [6.45, 7) is 5.10. The Bertz CT molecular complexity index is 598. The van der Waals surface area contributed by atoms with Crippen LogP contribution in [0, 0.1) is 0 Å². The molecule has 1 N–H and O–H groups in total. The minimum Gasteiger partial charge on any atom is -0.353 e. The minimum absolute atomic E-state index is 0.0326. The number of benzene rings is 1. The first kappa shape index (κ1) is 18.2. The minimum atomic E-state index is -3.93. The van der Waals surface area contributed by atoms with Crippen molar-refractivity contribution in [1.29, 1.82) is 0 Å². The maximum absolute atomic E-state index is 12.6. The first-order valence-corrected chi connectivity index (χ1v) is 8.63. The number of hydrogen-bond donors (Lipinski definition) is 1. The van der Waals surface area contributed by atoms with Crippen molar-refractivity contribution >= 4 is 39.1 Å². The summed E-state index contributed by atoms with van der Waals surface area (Å²) in [6.07, 6.45) is 0. The van der Waals surface area contributed by atoms with Gasteiger partial charge in [0.25, 0.3) is 0 Å². The molecule has 0 saturated carbocycles. The van der Waals surface area contributed by atoms with Crippen molar-refractivity contribution in [3.8, 4) is 0 Å². The second-order valence-corrected chi connectivity index (χ2v) is 7.39. The number of halogens is 2. The molecule has 1 rings (SSSR count). The topological polar surface area (TPSA) is 66.5 Å². The molecule has 5 nitrogen and oxygen atoms in total. The first-order chi connectivity index (χ1) is 9.70. The third-order valence-corrected chi connectivity index (χ3v) is 5.52. The molecular weight excluding hydrogens is 335 g/mol. The summed E-state index contributed by atoms with van der Waals surface area (Å²) in [4.78, 5) is 11.6. The van der Waals surface area contributed by atoms with E-state index in [2.05, 4.69) is 5.32 Å². The highest BCUT2D eigenvalue weighted by molar-refractivity contribution is 7.89. The number of rotatable bonds is 6. The van der Waals surface area contributed by atoms with Gasteiger partial charge in [0.15, 0.2) is 0 Å². The maximum atomic E-state index is 12.6. The first-order valence-electron chi connectivity index (χ1n) is 6.43. The summed E-state index contributed by atoms with van der Waals surface area (Å²) in [5.74, 6) is -0.376. The molecule has 21 heavy (non-hydrogen) atoms. The van der Waals surface area contributed by atoms with E-state index in [1.807, 2.05) is 0 Å². The predicted molar refractivity (Wildman–Crippen MR) is 84.2 cm³/mol. The third kappa shape index (κ3) is 4.57. The van der Waals surface area contributed by atoms with Crippen molar-refractivity contribution < 1.29 is 13.2 Å². The molecule has 0 heterocycles. The molecule has 0 saturated heterocycles. The van der Waals surface area contributed by atoms with E-state index in [1.165, 1.54) is 12.1 Å². The quantitative estimate of drug-likeness (QED) is 0.855. The molecule has 1 aromatic carbocycles. The lowest BCUT2D eigenvalue weighted by atomic mass is 10.4. The summed E-state index contributed by atoms with van der Waals surface area (Å²) >= 11 is 11.9. The summed E-state index contributed by atoms with van der Waals surface area (Å²) in [5.41, 5.74) is 0. The molecule has 0 atom stereocenters. The van der Waals surface area contributed by atoms with Gasteiger partial charge in [-0.1, -0.05) is 36.2 Å². The summed E-state index contributed by atoms with van der Waals surface area (Å²) < 4.78 is 26.2. The van der Waals surface area contributed by atoms with Gasteiger partial charge in [-0.2, -0.15) is 4.31 Å². The van der Waals surface area contributed by atoms with E-state index in [0.29, 0.717) is 0 Å². The Balaban J connectivity index is 3.12. The smallest absolute Gasteiger partial charge is 0.246 e. The normalized spacial score (nSPS) is 12.0. The van der Waals surface area contributed by atoms with Crippen LogP contribution in [0.4, 0.5) is 0 Å². The molecule has 0 bridgehead atoms. The van der Waals surface area contributed by atoms with Crippen LogP contribution in [0.5, 0.6) is 0 Å². The van der Waals surface area contributed by atoms with E-state index >= 15 is 0 Å². The van der Waals surface area contributed by atoms with Gasteiger partial charge in [0, 0.05) is 12.6 Å². The molecule has 0 spiro atoms. The molecule has 0 fully saturated rings. The average molecular weight is 353 g/mol. The Morgan fingerprint density at radius 3 is 2.24 bits per heavy atom. The largest absolute Gasteiger partial charge is 0.353 e. The van der Waals surface area contributed by atoms with Crippen molar-refractivity contribution in [2.75, 3.05) is 13.1 Å². The number of carbonyl (C=O) groups excluding carboxylic acids is 1. The fourth-order valence-corrected chi connectivity index (χ4v) is 4.25. The zero-order chi connectivity index (χ0) is 16.2. The second-order valence-electron chi connectivity index (χ2n) is 4.70.